The molecule has 0 N–H and O–H groups in total. The van der Waals surface area contributed by atoms with Gasteiger partial charge in [0, 0.05) is 82.8 Å². The van der Waals surface area contributed by atoms with Gasteiger partial charge in [-0.25, -0.2) is 9.97 Å². The third-order valence-corrected chi connectivity index (χ3v) is 7.70. The summed E-state index contributed by atoms with van der Waals surface area (Å²) in [6, 6.07) is 3.98. The molecule has 0 radical (unpaired) electrons. The van der Waals surface area contributed by atoms with Gasteiger partial charge in [0.1, 0.15) is 17.2 Å². The number of fused-ring (bicyclic) bond motifs is 3. The average Bonchev–Trinajstić information content (AvgIpc) is 3.48. The zero-order valence-electron chi connectivity index (χ0n) is 22.6. The Balaban J connectivity index is 1.64. The first kappa shape index (κ1) is 25.6. The van der Waals surface area contributed by atoms with Gasteiger partial charge in [0.15, 0.2) is 0 Å². The Morgan fingerprint density at radius 3 is 2.81 bits per heavy atom. The largest absolute Gasteiger partial charge is 0.493 e. The van der Waals surface area contributed by atoms with Crippen LogP contribution in [0.2, 0.25) is 0 Å². The van der Waals surface area contributed by atoms with Gasteiger partial charge in [-0.1, -0.05) is 0 Å². The standard InChI is InChI=1S/C28H36N4O5/c1-18(33)32(5)25-13-20-21(16-31(4)23(20)15-29-25)22-14-24(36-12-8-27(2,3)34-6)19-7-10-37-28(26(19)30-22)9-11-35-17-28/h13-16H,7-12,17H2,1-6H3. The number of hydrogen-bond acceptors (Lipinski definition) is 7. The topological polar surface area (TPSA) is 87.9 Å². The summed E-state index contributed by atoms with van der Waals surface area (Å²) in [4.78, 5) is 23.2. The molecule has 9 heteroatoms. The van der Waals surface area contributed by atoms with Crippen molar-refractivity contribution in [2.75, 3.05) is 45.5 Å². The van der Waals surface area contributed by atoms with Crippen LogP contribution in [0.3, 0.4) is 0 Å². The fourth-order valence-corrected chi connectivity index (χ4v) is 5.02. The molecule has 9 nitrogen and oxygen atoms in total. The zero-order valence-corrected chi connectivity index (χ0v) is 22.6. The van der Waals surface area contributed by atoms with Gasteiger partial charge in [-0.15, -0.1) is 0 Å². The Bertz CT molecular complexity index is 1330. The van der Waals surface area contributed by atoms with Gasteiger partial charge in [0.05, 0.1) is 48.5 Å². The highest BCUT2D eigenvalue weighted by Crippen LogP contribution is 2.44. The normalized spacial score (nSPS) is 19.4. The lowest BCUT2D eigenvalue weighted by molar-refractivity contribution is -0.116. The van der Waals surface area contributed by atoms with E-state index in [2.05, 4.69) is 25.0 Å². The molecule has 198 valence electrons. The number of methoxy groups -OCH3 is 1. The van der Waals surface area contributed by atoms with E-state index in [-0.39, 0.29) is 11.5 Å². The van der Waals surface area contributed by atoms with Crippen LogP contribution in [0.1, 0.15) is 44.9 Å². The van der Waals surface area contributed by atoms with Crippen molar-refractivity contribution in [1.29, 1.82) is 0 Å². The highest BCUT2D eigenvalue weighted by atomic mass is 16.6. The second-order valence-corrected chi connectivity index (χ2v) is 10.6. The van der Waals surface area contributed by atoms with Gasteiger partial charge >= 0.3 is 0 Å². The number of pyridine rings is 2. The molecule has 0 aromatic carbocycles. The summed E-state index contributed by atoms with van der Waals surface area (Å²) in [5.41, 5.74) is 3.86. The van der Waals surface area contributed by atoms with Crippen molar-refractivity contribution in [3.8, 4) is 17.0 Å². The third-order valence-electron chi connectivity index (χ3n) is 7.70. The number of nitrogens with zero attached hydrogens (tertiary/aromatic N) is 4. The van der Waals surface area contributed by atoms with Crippen LogP contribution in [-0.4, -0.2) is 66.6 Å². The van der Waals surface area contributed by atoms with Gasteiger partial charge < -0.3 is 28.4 Å². The van der Waals surface area contributed by atoms with E-state index in [9.17, 15) is 4.79 Å². The molecule has 1 amide bonds. The van der Waals surface area contributed by atoms with E-state index in [1.807, 2.05) is 23.7 Å². The Hall–Kier alpha value is -3.01. The molecule has 1 unspecified atom stereocenters. The Labute approximate surface area is 217 Å². The molecule has 2 aliphatic rings. The van der Waals surface area contributed by atoms with Crippen LogP contribution in [0.15, 0.2) is 24.5 Å². The first-order chi connectivity index (χ1) is 17.6. The SMILES string of the molecule is COC(C)(C)CCOc1cc(-c2cn(C)c3cnc(N(C)C(C)=O)cc23)nc2c1CCOC21CCOC1. The Morgan fingerprint density at radius 1 is 1.30 bits per heavy atom. The molecule has 5 rings (SSSR count). The van der Waals surface area contributed by atoms with Gasteiger partial charge in [-0.2, -0.15) is 0 Å². The molecule has 0 saturated carbocycles. The monoisotopic (exact) mass is 508 g/mol. The van der Waals surface area contributed by atoms with Crippen molar-refractivity contribution < 1.29 is 23.7 Å². The molecule has 1 spiro atoms. The number of anilines is 1. The number of aromatic nitrogens is 3. The van der Waals surface area contributed by atoms with E-state index in [0.717, 1.165) is 58.4 Å². The lowest BCUT2D eigenvalue weighted by Crippen LogP contribution is -2.37. The molecule has 1 saturated heterocycles. The van der Waals surface area contributed by atoms with Crippen LogP contribution in [0.5, 0.6) is 5.75 Å². The van der Waals surface area contributed by atoms with Crippen molar-refractivity contribution >= 4 is 22.6 Å². The highest BCUT2D eigenvalue weighted by molar-refractivity contribution is 5.98. The van der Waals surface area contributed by atoms with Crippen LogP contribution in [0.25, 0.3) is 22.2 Å². The van der Waals surface area contributed by atoms with Gasteiger partial charge in [-0.05, 0) is 19.9 Å². The predicted molar refractivity (Wildman–Crippen MR) is 141 cm³/mol. The van der Waals surface area contributed by atoms with E-state index in [0.29, 0.717) is 32.2 Å². The number of rotatable bonds is 7. The number of amides is 1. The van der Waals surface area contributed by atoms with Crippen LogP contribution in [0, 0.1) is 0 Å². The predicted octanol–water partition coefficient (Wildman–Crippen LogP) is 4.00. The molecule has 1 fully saturated rings. The molecule has 5 heterocycles. The average molecular weight is 509 g/mol. The fraction of sp³-hybridized carbons (Fsp3) is 0.536. The number of carbonyl (C=O) groups is 1. The van der Waals surface area contributed by atoms with Crippen molar-refractivity contribution in [2.24, 2.45) is 7.05 Å². The summed E-state index contributed by atoms with van der Waals surface area (Å²) in [6.07, 6.45) is 6.10. The van der Waals surface area contributed by atoms with Crippen LogP contribution >= 0.6 is 0 Å². The molecule has 3 aromatic rings. The summed E-state index contributed by atoms with van der Waals surface area (Å²) < 4.78 is 26.2. The van der Waals surface area contributed by atoms with E-state index in [1.165, 1.54) is 6.92 Å². The maximum atomic E-state index is 12.0. The minimum absolute atomic E-state index is 0.0776. The molecule has 2 aliphatic heterocycles. The van der Waals surface area contributed by atoms with Gasteiger partial charge in [0.25, 0.3) is 0 Å². The molecule has 0 bridgehead atoms. The number of aryl methyl sites for hydroxylation is 1. The maximum Gasteiger partial charge on any atom is 0.224 e. The van der Waals surface area contributed by atoms with Crippen molar-refractivity contribution in [3.63, 3.8) is 0 Å². The number of carbonyl (C=O) groups excluding carboxylic acids is 1. The summed E-state index contributed by atoms with van der Waals surface area (Å²) >= 11 is 0. The van der Waals surface area contributed by atoms with Crippen molar-refractivity contribution in [3.05, 3.63) is 35.8 Å². The summed E-state index contributed by atoms with van der Waals surface area (Å²) in [5, 5.41) is 0.966. The zero-order chi connectivity index (χ0) is 26.4. The minimum atomic E-state index is -0.556. The van der Waals surface area contributed by atoms with Crippen LogP contribution in [-0.2, 0) is 38.1 Å². The second-order valence-electron chi connectivity index (χ2n) is 10.6. The number of ether oxygens (including phenoxy) is 4. The maximum absolute atomic E-state index is 12.0. The first-order valence-electron chi connectivity index (χ1n) is 12.8. The first-order valence-corrected chi connectivity index (χ1v) is 12.8. The molecule has 37 heavy (non-hydrogen) atoms. The molecule has 1 atom stereocenters. The Kier molecular flexibility index (Phi) is 6.72. The molecule has 3 aromatic heterocycles. The Morgan fingerprint density at radius 2 is 2.11 bits per heavy atom. The quantitative estimate of drug-likeness (QED) is 0.477. The lowest BCUT2D eigenvalue weighted by Gasteiger charge is -2.35. The molecule has 0 aliphatic carbocycles. The minimum Gasteiger partial charge on any atom is -0.493 e. The van der Waals surface area contributed by atoms with Gasteiger partial charge in [-0.3, -0.25) is 4.79 Å². The van der Waals surface area contributed by atoms with Crippen LogP contribution < -0.4 is 9.64 Å². The molecular formula is C28H36N4O5. The van der Waals surface area contributed by atoms with E-state index >= 15 is 0 Å². The summed E-state index contributed by atoms with van der Waals surface area (Å²) in [7, 11) is 5.44. The lowest BCUT2D eigenvalue weighted by atomic mass is 9.89. The highest BCUT2D eigenvalue weighted by Gasteiger charge is 2.44. The van der Waals surface area contributed by atoms with Crippen molar-refractivity contribution in [1.82, 2.24) is 14.5 Å². The van der Waals surface area contributed by atoms with Gasteiger partial charge in [0.2, 0.25) is 5.91 Å². The smallest absolute Gasteiger partial charge is 0.224 e. The van der Waals surface area contributed by atoms with Crippen molar-refractivity contribution in [2.45, 2.75) is 51.2 Å². The summed E-state index contributed by atoms with van der Waals surface area (Å²) in [5.74, 6) is 1.34. The van der Waals surface area contributed by atoms with E-state index in [4.69, 9.17) is 23.9 Å². The molecular weight excluding hydrogens is 472 g/mol. The third kappa shape index (κ3) is 4.71. The second kappa shape index (κ2) is 9.70. The number of hydrogen-bond donors (Lipinski definition) is 0. The van der Waals surface area contributed by atoms with E-state index in [1.54, 1.807) is 25.3 Å². The summed E-state index contributed by atoms with van der Waals surface area (Å²) in [6.45, 7) is 7.90. The van der Waals surface area contributed by atoms with E-state index < -0.39 is 5.60 Å². The van der Waals surface area contributed by atoms with Crippen LogP contribution in [0.4, 0.5) is 5.82 Å². The fourth-order valence-electron chi connectivity index (χ4n) is 5.02.